The Hall–Kier alpha value is -1.41. The smallest absolute Gasteiger partial charge is 0.0740 e. The highest BCUT2D eigenvalue weighted by atomic mass is 15.2. The maximum Gasteiger partial charge on any atom is 0.0740 e. The van der Waals surface area contributed by atoms with Gasteiger partial charge in [0.05, 0.1) is 5.52 Å². The molecule has 2 heteroatoms. The second kappa shape index (κ2) is 5.76. The molecule has 2 nitrogen and oxygen atoms in total. The number of aromatic nitrogens is 1. The first-order valence-corrected chi connectivity index (χ1v) is 8.25. The van der Waals surface area contributed by atoms with E-state index in [2.05, 4.69) is 50.8 Å². The van der Waals surface area contributed by atoms with E-state index in [1.165, 1.54) is 34.0 Å². The third-order valence-electron chi connectivity index (χ3n) is 5.01. The first kappa shape index (κ1) is 14.5. The third-order valence-corrected chi connectivity index (χ3v) is 5.01. The highest BCUT2D eigenvalue weighted by Gasteiger charge is 2.22. The van der Waals surface area contributed by atoms with E-state index in [0.29, 0.717) is 12.0 Å². The zero-order chi connectivity index (χ0) is 15.0. The van der Waals surface area contributed by atoms with Gasteiger partial charge in [-0.15, -0.1) is 0 Å². The molecule has 112 valence electrons. The molecule has 0 saturated heterocycles. The fraction of sp³-hybridized carbons (Fsp3) is 0.526. The molecule has 1 aromatic carbocycles. The molecule has 0 amide bonds. The molecule has 1 aromatic heterocycles. The van der Waals surface area contributed by atoms with Crippen LogP contribution in [-0.4, -0.2) is 22.5 Å². The standard InChI is InChI=1S/C19H26N2/c1-5-14(4)21-11-9-17-15(12-21)6-7-18-16(13(2)3)8-10-20-19(17)18/h6-8,10,13-14H,5,9,11-12H2,1-4H3. The largest absolute Gasteiger partial charge is 0.296 e. The Labute approximate surface area is 128 Å². The van der Waals surface area contributed by atoms with Gasteiger partial charge >= 0.3 is 0 Å². The molecule has 2 aromatic rings. The molecule has 0 radical (unpaired) electrons. The fourth-order valence-electron chi connectivity index (χ4n) is 3.46. The molecule has 0 bridgehead atoms. The van der Waals surface area contributed by atoms with Crippen LogP contribution in [0.3, 0.4) is 0 Å². The Morgan fingerprint density at radius 1 is 1.19 bits per heavy atom. The number of nitrogens with zero attached hydrogens (tertiary/aromatic N) is 2. The van der Waals surface area contributed by atoms with Gasteiger partial charge < -0.3 is 0 Å². The third kappa shape index (κ3) is 2.57. The number of fused-ring (bicyclic) bond motifs is 3. The summed E-state index contributed by atoms with van der Waals surface area (Å²) in [4.78, 5) is 7.31. The molecule has 0 aliphatic carbocycles. The molecule has 0 saturated carbocycles. The minimum absolute atomic E-state index is 0.550. The van der Waals surface area contributed by atoms with Gasteiger partial charge in [0.2, 0.25) is 0 Å². The molecule has 0 spiro atoms. The molecule has 3 rings (SSSR count). The topological polar surface area (TPSA) is 16.1 Å². The van der Waals surface area contributed by atoms with E-state index < -0.39 is 0 Å². The SMILES string of the molecule is CCC(C)N1CCc2c(ccc3c(C(C)C)ccnc23)C1. The van der Waals surface area contributed by atoms with Gasteiger partial charge in [-0.25, -0.2) is 0 Å². The van der Waals surface area contributed by atoms with E-state index in [0.717, 1.165) is 19.5 Å². The van der Waals surface area contributed by atoms with Crippen LogP contribution in [0.4, 0.5) is 0 Å². The van der Waals surface area contributed by atoms with Crippen molar-refractivity contribution in [1.29, 1.82) is 0 Å². The maximum atomic E-state index is 4.71. The van der Waals surface area contributed by atoms with Gasteiger partial charge in [-0.1, -0.05) is 32.9 Å². The van der Waals surface area contributed by atoms with Crippen molar-refractivity contribution in [1.82, 2.24) is 9.88 Å². The lowest BCUT2D eigenvalue weighted by molar-refractivity contribution is 0.187. The van der Waals surface area contributed by atoms with E-state index in [9.17, 15) is 0 Å². The van der Waals surface area contributed by atoms with Crippen molar-refractivity contribution in [2.75, 3.05) is 6.54 Å². The lowest BCUT2D eigenvalue weighted by Gasteiger charge is -2.33. The minimum atomic E-state index is 0.550. The lowest BCUT2D eigenvalue weighted by Crippen LogP contribution is -2.37. The van der Waals surface area contributed by atoms with Crippen LogP contribution < -0.4 is 0 Å². The normalized spacial score (nSPS) is 17.2. The molecule has 1 unspecified atom stereocenters. The summed E-state index contributed by atoms with van der Waals surface area (Å²) in [7, 11) is 0. The number of hydrogen-bond donors (Lipinski definition) is 0. The van der Waals surface area contributed by atoms with E-state index in [1.807, 2.05) is 6.20 Å². The van der Waals surface area contributed by atoms with Gasteiger partial charge in [-0.05, 0) is 48.4 Å². The summed E-state index contributed by atoms with van der Waals surface area (Å²) in [5, 5.41) is 1.35. The van der Waals surface area contributed by atoms with Crippen molar-refractivity contribution >= 4 is 10.9 Å². The van der Waals surface area contributed by atoms with E-state index in [-0.39, 0.29) is 0 Å². The number of benzene rings is 1. The predicted molar refractivity (Wildman–Crippen MR) is 89.7 cm³/mol. The van der Waals surface area contributed by atoms with Crippen LogP contribution in [0, 0.1) is 0 Å². The maximum absolute atomic E-state index is 4.71. The molecule has 1 aliphatic rings. The molecule has 21 heavy (non-hydrogen) atoms. The quantitative estimate of drug-likeness (QED) is 0.823. The van der Waals surface area contributed by atoms with Gasteiger partial charge in [0.25, 0.3) is 0 Å². The molecule has 1 atom stereocenters. The van der Waals surface area contributed by atoms with Gasteiger partial charge in [-0.2, -0.15) is 0 Å². The Morgan fingerprint density at radius 3 is 2.71 bits per heavy atom. The van der Waals surface area contributed by atoms with Crippen LogP contribution in [0.2, 0.25) is 0 Å². The van der Waals surface area contributed by atoms with Crippen molar-refractivity contribution in [2.24, 2.45) is 0 Å². The average molecular weight is 282 g/mol. The Morgan fingerprint density at radius 2 is 2.00 bits per heavy atom. The first-order chi connectivity index (χ1) is 10.1. The summed E-state index contributed by atoms with van der Waals surface area (Å²) < 4.78 is 0. The summed E-state index contributed by atoms with van der Waals surface area (Å²) >= 11 is 0. The molecule has 0 fully saturated rings. The summed E-state index contributed by atoms with van der Waals surface area (Å²) in [6, 6.07) is 7.47. The van der Waals surface area contributed by atoms with Crippen LogP contribution in [-0.2, 0) is 13.0 Å². The summed E-state index contributed by atoms with van der Waals surface area (Å²) in [6.45, 7) is 11.4. The van der Waals surface area contributed by atoms with Crippen LogP contribution >= 0.6 is 0 Å². The van der Waals surface area contributed by atoms with E-state index >= 15 is 0 Å². The second-order valence-corrected chi connectivity index (χ2v) is 6.63. The molecule has 1 aliphatic heterocycles. The number of rotatable bonds is 3. The molecular weight excluding hydrogens is 256 g/mol. The van der Waals surface area contributed by atoms with Gasteiger partial charge in [0.15, 0.2) is 0 Å². The molecule has 0 N–H and O–H groups in total. The minimum Gasteiger partial charge on any atom is -0.296 e. The van der Waals surface area contributed by atoms with Crippen molar-refractivity contribution in [3.05, 3.63) is 41.1 Å². The number of pyridine rings is 1. The summed E-state index contributed by atoms with van der Waals surface area (Å²) in [5.41, 5.74) is 5.62. The zero-order valence-electron chi connectivity index (χ0n) is 13.7. The highest BCUT2D eigenvalue weighted by Crippen LogP contribution is 2.31. The van der Waals surface area contributed by atoms with E-state index in [4.69, 9.17) is 4.98 Å². The Kier molecular flexibility index (Phi) is 3.99. The second-order valence-electron chi connectivity index (χ2n) is 6.63. The van der Waals surface area contributed by atoms with Crippen LogP contribution in [0.5, 0.6) is 0 Å². The Bertz CT molecular complexity index is 645. The van der Waals surface area contributed by atoms with Crippen molar-refractivity contribution in [3.8, 4) is 0 Å². The van der Waals surface area contributed by atoms with Crippen LogP contribution in [0.15, 0.2) is 24.4 Å². The predicted octanol–water partition coefficient (Wildman–Crippen LogP) is 4.51. The van der Waals surface area contributed by atoms with Crippen molar-refractivity contribution in [3.63, 3.8) is 0 Å². The Balaban J connectivity index is 2.05. The monoisotopic (exact) mass is 282 g/mol. The van der Waals surface area contributed by atoms with Crippen molar-refractivity contribution in [2.45, 2.75) is 59.0 Å². The molecular formula is C19H26N2. The summed E-state index contributed by atoms with van der Waals surface area (Å²) in [6.07, 6.45) is 4.34. The summed E-state index contributed by atoms with van der Waals surface area (Å²) in [5.74, 6) is 0.550. The number of hydrogen-bond acceptors (Lipinski definition) is 2. The highest BCUT2D eigenvalue weighted by molar-refractivity contribution is 5.86. The van der Waals surface area contributed by atoms with Crippen LogP contribution in [0.1, 0.15) is 56.7 Å². The van der Waals surface area contributed by atoms with E-state index in [1.54, 1.807) is 0 Å². The lowest BCUT2D eigenvalue weighted by atomic mass is 9.91. The van der Waals surface area contributed by atoms with Gasteiger partial charge in [0, 0.05) is 30.7 Å². The first-order valence-electron chi connectivity index (χ1n) is 8.25. The van der Waals surface area contributed by atoms with Gasteiger partial charge in [-0.3, -0.25) is 9.88 Å². The van der Waals surface area contributed by atoms with Gasteiger partial charge in [0.1, 0.15) is 0 Å². The van der Waals surface area contributed by atoms with Crippen LogP contribution in [0.25, 0.3) is 10.9 Å². The average Bonchev–Trinajstić information content (AvgIpc) is 2.52. The fourth-order valence-corrected chi connectivity index (χ4v) is 3.46. The zero-order valence-corrected chi connectivity index (χ0v) is 13.7. The molecule has 2 heterocycles. The van der Waals surface area contributed by atoms with Crippen molar-refractivity contribution < 1.29 is 0 Å².